The zero-order chi connectivity index (χ0) is 10.1. The minimum atomic E-state index is -4.60. The summed E-state index contributed by atoms with van der Waals surface area (Å²) in [4.78, 5) is 0. The Labute approximate surface area is 72.2 Å². The van der Waals surface area contributed by atoms with E-state index in [0.29, 0.717) is 0 Å². The van der Waals surface area contributed by atoms with Crippen molar-refractivity contribution in [3.63, 3.8) is 0 Å². The molecule has 1 rings (SSSR count). The molecular formula is C6H9F3N2O2. The van der Waals surface area contributed by atoms with E-state index in [-0.39, 0.29) is 24.6 Å². The molecule has 3 N–H and O–H groups in total. The van der Waals surface area contributed by atoms with E-state index < -0.39 is 12.5 Å². The van der Waals surface area contributed by atoms with Crippen LogP contribution >= 0.6 is 0 Å². The van der Waals surface area contributed by atoms with Crippen molar-refractivity contribution < 1.29 is 23.1 Å². The third kappa shape index (κ3) is 2.76. The van der Waals surface area contributed by atoms with Crippen molar-refractivity contribution in [1.29, 1.82) is 0 Å². The number of oxime groups is 1. The molecule has 0 aromatic carbocycles. The Morgan fingerprint density at radius 3 is 2.38 bits per heavy atom. The van der Waals surface area contributed by atoms with Crippen LogP contribution in [-0.4, -0.2) is 23.5 Å². The van der Waals surface area contributed by atoms with Crippen LogP contribution in [0.1, 0.15) is 12.8 Å². The Morgan fingerprint density at radius 1 is 1.46 bits per heavy atom. The minimum Gasteiger partial charge on any atom is -0.409 e. The highest BCUT2D eigenvalue weighted by Gasteiger charge is 2.41. The van der Waals surface area contributed by atoms with Gasteiger partial charge in [-0.1, -0.05) is 5.16 Å². The van der Waals surface area contributed by atoms with E-state index in [1.54, 1.807) is 0 Å². The molecule has 0 saturated heterocycles. The summed E-state index contributed by atoms with van der Waals surface area (Å²) >= 11 is 0. The molecule has 0 aliphatic heterocycles. The lowest BCUT2D eigenvalue weighted by molar-refractivity contribution is -0.352. The first kappa shape index (κ1) is 10.1. The van der Waals surface area contributed by atoms with Crippen LogP contribution in [0, 0.1) is 5.92 Å². The average molecular weight is 198 g/mol. The Hall–Kier alpha value is -0.980. The fourth-order valence-corrected chi connectivity index (χ4v) is 1.17. The first-order chi connectivity index (χ1) is 5.92. The number of ether oxygens (including phenoxy) is 1. The topological polar surface area (TPSA) is 67.8 Å². The van der Waals surface area contributed by atoms with E-state index in [1.807, 2.05) is 0 Å². The van der Waals surface area contributed by atoms with Gasteiger partial charge in [-0.15, -0.1) is 13.2 Å². The summed E-state index contributed by atoms with van der Waals surface area (Å²) < 4.78 is 38.5. The van der Waals surface area contributed by atoms with Gasteiger partial charge in [-0.05, 0) is 12.8 Å². The van der Waals surface area contributed by atoms with Gasteiger partial charge < -0.3 is 10.9 Å². The van der Waals surface area contributed by atoms with Crippen LogP contribution < -0.4 is 5.73 Å². The molecule has 76 valence electrons. The molecule has 0 unspecified atom stereocenters. The molecule has 13 heavy (non-hydrogen) atoms. The van der Waals surface area contributed by atoms with E-state index in [0.717, 1.165) is 0 Å². The summed E-state index contributed by atoms with van der Waals surface area (Å²) in [5.74, 6) is -0.334. The van der Waals surface area contributed by atoms with Crippen molar-refractivity contribution in [1.82, 2.24) is 0 Å². The number of rotatable bonds is 2. The van der Waals surface area contributed by atoms with Gasteiger partial charge in [0.15, 0.2) is 0 Å². The normalized spacial score (nSPS) is 29.9. The molecule has 1 fully saturated rings. The molecule has 0 aromatic heterocycles. The van der Waals surface area contributed by atoms with Crippen LogP contribution in [0.25, 0.3) is 0 Å². The number of nitrogens with two attached hydrogens (primary N) is 1. The molecule has 0 radical (unpaired) electrons. The largest absolute Gasteiger partial charge is 0.522 e. The second-order valence-corrected chi connectivity index (χ2v) is 2.88. The molecule has 1 aliphatic rings. The average Bonchev–Trinajstić information content (AvgIpc) is 1.92. The van der Waals surface area contributed by atoms with E-state index >= 15 is 0 Å². The summed E-state index contributed by atoms with van der Waals surface area (Å²) in [6.45, 7) is 0. The van der Waals surface area contributed by atoms with Crippen LogP contribution in [0.15, 0.2) is 5.16 Å². The summed E-state index contributed by atoms with van der Waals surface area (Å²) in [6.07, 6.45) is -5.16. The molecule has 0 heterocycles. The molecule has 0 spiro atoms. The third-order valence-electron chi connectivity index (χ3n) is 1.93. The van der Waals surface area contributed by atoms with Crippen molar-refractivity contribution in [2.75, 3.05) is 0 Å². The second kappa shape index (κ2) is 3.41. The summed E-state index contributed by atoms with van der Waals surface area (Å²) in [7, 11) is 0. The molecule has 1 aliphatic carbocycles. The van der Waals surface area contributed by atoms with Crippen LogP contribution in [0.3, 0.4) is 0 Å². The predicted octanol–water partition coefficient (Wildman–Crippen LogP) is 1.05. The number of hydrogen-bond donors (Lipinski definition) is 2. The molecule has 0 bridgehead atoms. The summed E-state index contributed by atoms with van der Waals surface area (Å²) in [5, 5.41) is 10.9. The van der Waals surface area contributed by atoms with Gasteiger partial charge in [0.25, 0.3) is 0 Å². The third-order valence-corrected chi connectivity index (χ3v) is 1.93. The monoisotopic (exact) mass is 198 g/mol. The quantitative estimate of drug-likeness (QED) is 0.301. The number of halogens is 3. The lowest BCUT2D eigenvalue weighted by Gasteiger charge is -2.34. The van der Waals surface area contributed by atoms with E-state index in [9.17, 15) is 13.2 Å². The van der Waals surface area contributed by atoms with Gasteiger partial charge >= 0.3 is 6.36 Å². The first-order valence-electron chi connectivity index (χ1n) is 3.64. The highest BCUT2D eigenvalue weighted by Crippen LogP contribution is 2.34. The molecular weight excluding hydrogens is 189 g/mol. The second-order valence-electron chi connectivity index (χ2n) is 2.88. The Bertz CT molecular complexity index is 210. The molecule has 7 heteroatoms. The van der Waals surface area contributed by atoms with Crippen molar-refractivity contribution in [3.8, 4) is 0 Å². The fourth-order valence-electron chi connectivity index (χ4n) is 1.17. The Balaban J connectivity index is 2.27. The lowest BCUT2D eigenvalue weighted by atomic mass is 9.81. The number of amidine groups is 1. The number of nitrogens with zero attached hydrogens (tertiary/aromatic N) is 1. The maximum Gasteiger partial charge on any atom is 0.522 e. The molecule has 0 atom stereocenters. The van der Waals surface area contributed by atoms with Crippen LogP contribution in [-0.2, 0) is 4.74 Å². The zero-order valence-corrected chi connectivity index (χ0v) is 6.58. The van der Waals surface area contributed by atoms with Gasteiger partial charge in [0.2, 0.25) is 0 Å². The molecule has 1 saturated carbocycles. The van der Waals surface area contributed by atoms with Gasteiger partial charge in [0, 0.05) is 5.92 Å². The van der Waals surface area contributed by atoms with Crippen LogP contribution in [0.5, 0.6) is 0 Å². The van der Waals surface area contributed by atoms with Crippen LogP contribution in [0.4, 0.5) is 13.2 Å². The Kier molecular flexibility index (Phi) is 2.65. The minimum absolute atomic E-state index is 0.0398. The van der Waals surface area contributed by atoms with Crippen LogP contribution in [0.2, 0.25) is 0 Å². The SMILES string of the molecule is N/C(=N\O)C1CC(OC(F)(F)F)C1. The molecule has 4 nitrogen and oxygen atoms in total. The molecule has 0 aromatic rings. The van der Waals surface area contributed by atoms with Gasteiger partial charge in [0.05, 0.1) is 6.10 Å². The number of hydrogen-bond acceptors (Lipinski definition) is 3. The zero-order valence-electron chi connectivity index (χ0n) is 6.58. The summed E-state index contributed by atoms with van der Waals surface area (Å²) in [5.41, 5.74) is 5.17. The number of alkyl halides is 3. The van der Waals surface area contributed by atoms with Gasteiger partial charge in [0.1, 0.15) is 5.84 Å². The highest BCUT2D eigenvalue weighted by atomic mass is 19.4. The van der Waals surface area contributed by atoms with Gasteiger partial charge in [-0.3, -0.25) is 4.74 Å². The van der Waals surface area contributed by atoms with E-state index in [2.05, 4.69) is 9.89 Å². The fraction of sp³-hybridized carbons (Fsp3) is 0.833. The predicted molar refractivity (Wildman–Crippen MR) is 37.1 cm³/mol. The van der Waals surface area contributed by atoms with E-state index in [4.69, 9.17) is 10.9 Å². The van der Waals surface area contributed by atoms with Crippen molar-refractivity contribution in [2.24, 2.45) is 16.8 Å². The smallest absolute Gasteiger partial charge is 0.409 e. The Morgan fingerprint density at radius 2 is 2.00 bits per heavy atom. The highest BCUT2D eigenvalue weighted by molar-refractivity contribution is 5.83. The maximum absolute atomic E-state index is 11.6. The lowest BCUT2D eigenvalue weighted by Crippen LogP contribution is -2.42. The summed E-state index contributed by atoms with van der Waals surface area (Å²) in [6, 6.07) is 0. The first-order valence-corrected chi connectivity index (χ1v) is 3.64. The van der Waals surface area contributed by atoms with Gasteiger partial charge in [-0.25, -0.2) is 0 Å². The standard InChI is InChI=1S/C6H9F3N2O2/c7-6(8,9)13-4-1-3(2-4)5(10)11-12/h3-4,12H,1-2H2,(H2,10,11). The van der Waals surface area contributed by atoms with E-state index in [1.165, 1.54) is 0 Å². The maximum atomic E-state index is 11.6. The van der Waals surface area contributed by atoms with Crippen molar-refractivity contribution >= 4 is 5.84 Å². The van der Waals surface area contributed by atoms with Crippen molar-refractivity contribution in [2.45, 2.75) is 25.3 Å². The molecule has 0 amide bonds. The van der Waals surface area contributed by atoms with Crippen molar-refractivity contribution in [3.05, 3.63) is 0 Å². The van der Waals surface area contributed by atoms with Gasteiger partial charge in [-0.2, -0.15) is 0 Å².